The summed E-state index contributed by atoms with van der Waals surface area (Å²) in [7, 11) is 0. The van der Waals surface area contributed by atoms with Crippen molar-refractivity contribution in [1.82, 2.24) is 0 Å². The molecule has 0 radical (unpaired) electrons. The summed E-state index contributed by atoms with van der Waals surface area (Å²) in [5, 5.41) is 0. The Labute approximate surface area is 132 Å². The molecule has 1 unspecified atom stereocenters. The van der Waals surface area contributed by atoms with Crippen LogP contribution in [-0.2, 0) is 0 Å². The van der Waals surface area contributed by atoms with Gasteiger partial charge < -0.3 is 5.73 Å². The van der Waals surface area contributed by atoms with Gasteiger partial charge in [0.1, 0.15) is 0 Å². The molecule has 0 aliphatic rings. The van der Waals surface area contributed by atoms with Crippen LogP contribution < -0.4 is 5.73 Å². The van der Waals surface area contributed by atoms with Crippen molar-refractivity contribution in [1.29, 1.82) is 0 Å². The molecule has 0 rings (SSSR count). The Morgan fingerprint density at radius 2 is 1.38 bits per heavy atom. The fourth-order valence-corrected chi connectivity index (χ4v) is 2.11. The smallest absolute Gasteiger partial charge is 0.0229 e. The van der Waals surface area contributed by atoms with E-state index in [1.54, 1.807) is 6.08 Å². The van der Waals surface area contributed by atoms with Crippen molar-refractivity contribution >= 4 is 0 Å². The minimum Gasteiger partial charge on any atom is -0.324 e. The first-order valence-corrected chi connectivity index (χ1v) is 8.66. The van der Waals surface area contributed by atoms with Crippen LogP contribution in [0.3, 0.4) is 0 Å². The Morgan fingerprint density at radius 1 is 0.857 bits per heavy atom. The van der Waals surface area contributed by atoms with Gasteiger partial charge >= 0.3 is 0 Å². The lowest BCUT2D eigenvalue weighted by Crippen LogP contribution is -2.15. The van der Waals surface area contributed by atoms with E-state index in [1.165, 1.54) is 51.4 Å². The zero-order valence-electron chi connectivity index (χ0n) is 14.0. The molecule has 0 heterocycles. The molecule has 0 aliphatic carbocycles. The summed E-state index contributed by atoms with van der Waals surface area (Å²) in [4.78, 5) is 0. The third-order valence-corrected chi connectivity index (χ3v) is 3.46. The minimum absolute atomic E-state index is 0.158. The monoisotopic (exact) mass is 289 g/mol. The zero-order chi connectivity index (χ0) is 15.6. The van der Waals surface area contributed by atoms with Crippen LogP contribution in [0.5, 0.6) is 0 Å². The molecule has 0 aromatic carbocycles. The number of nitrogens with two attached hydrogens (primary N) is 1. The van der Waals surface area contributed by atoms with Crippen molar-refractivity contribution in [3.05, 3.63) is 49.1 Å². The molecule has 0 saturated carbocycles. The highest BCUT2D eigenvalue weighted by atomic mass is 14.6. The summed E-state index contributed by atoms with van der Waals surface area (Å²) in [6, 6.07) is 0.158. The maximum Gasteiger partial charge on any atom is 0.0229 e. The van der Waals surface area contributed by atoms with E-state index < -0.39 is 0 Å². The van der Waals surface area contributed by atoms with Crippen LogP contribution >= 0.6 is 0 Å². The lowest BCUT2D eigenvalue weighted by Gasteiger charge is -2.02. The van der Waals surface area contributed by atoms with Gasteiger partial charge in [-0.2, -0.15) is 0 Å². The highest BCUT2D eigenvalue weighted by Gasteiger charge is 1.93. The van der Waals surface area contributed by atoms with Crippen LogP contribution in [0.15, 0.2) is 49.1 Å². The highest BCUT2D eigenvalue weighted by Crippen LogP contribution is 2.05. The van der Waals surface area contributed by atoms with Crippen molar-refractivity contribution in [2.45, 2.75) is 77.2 Å². The van der Waals surface area contributed by atoms with E-state index in [0.717, 1.165) is 12.8 Å². The summed E-state index contributed by atoms with van der Waals surface area (Å²) in [5.41, 5.74) is 5.92. The van der Waals surface area contributed by atoms with E-state index in [9.17, 15) is 0 Å². The Hall–Kier alpha value is -1.08. The van der Waals surface area contributed by atoms with E-state index in [2.05, 4.69) is 37.8 Å². The Balaban J connectivity index is 3.32. The molecule has 2 N–H and O–H groups in total. The molecule has 0 saturated heterocycles. The van der Waals surface area contributed by atoms with Gasteiger partial charge in [0.25, 0.3) is 0 Å². The number of hydrogen-bond acceptors (Lipinski definition) is 1. The van der Waals surface area contributed by atoms with Crippen molar-refractivity contribution in [2.24, 2.45) is 5.73 Å². The second-order valence-electron chi connectivity index (χ2n) is 5.58. The van der Waals surface area contributed by atoms with Crippen molar-refractivity contribution in [3.63, 3.8) is 0 Å². The summed E-state index contributed by atoms with van der Waals surface area (Å²) in [5.74, 6) is 0. The van der Waals surface area contributed by atoms with Gasteiger partial charge in [0.2, 0.25) is 0 Å². The zero-order valence-corrected chi connectivity index (χ0v) is 14.0. The maximum absolute atomic E-state index is 5.92. The molecular formula is C20H35N. The highest BCUT2D eigenvalue weighted by molar-refractivity contribution is 5.02. The van der Waals surface area contributed by atoms with Crippen molar-refractivity contribution in [3.8, 4) is 0 Å². The lowest BCUT2D eigenvalue weighted by molar-refractivity contribution is 0.720. The second kappa shape index (κ2) is 17.0. The molecule has 0 aliphatic heterocycles. The molecule has 21 heavy (non-hydrogen) atoms. The van der Waals surface area contributed by atoms with Crippen LogP contribution in [0.2, 0.25) is 0 Å². The third-order valence-electron chi connectivity index (χ3n) is 3.46. The van der Waals surface area contributed by atoms with Gasteiger partial charge in [-0.1, -0.05) is 68.9 Å². The normalized spacial score (nSPS) is 13.6. The number of unbranched alkanes of at least 4 members (excludes halogenated alkanes) is 6. The predicted molar refractivity (Wildman–Crippen MR) is 97.4 cm³/mol. The summed E-state index contributed by atoms with van der Waals surface area (Å²) in [6.45, 7) is 5.89. The topological polar surface area (TPSA) is 26.0 Å². The van der Waals surface area contributed by atoms with Crippen LogP contribution in [0.4, 0.5) is 0 Å². The lowest BCUT2D eigenvalue weighted by atomic mass is 10.1. The first-order chi connectivity index (χ1) is 10.3. The molecule has 0 aromatic rings. The molecular weight excluding hydrogens is 254 g/mol. The van der Waals surface area contributed by atoms with Gasteiger partial charge in [-0.05, 0) is 51.4 Å². The van der Waals surface area contributed by atoms with E-state index in [-0.39, 0.29) is 6.04 Å². The van der Waals surface area contributed by atoms with Crippen LogP contribution in [-0.4, -0.2) is 6.04 Å². The first-order valence-electron chi connectivity index (χ1n) is 8.66. The fraction of sp³-hybridized carbons (Fsp3) is 0.600. The number of rotatable bonds is 14. The van der Waals surface area contributed by atoms with Gasteiger partial charge in [0.05, 0.1) is 0 Å². The van der Waals surface area contributed by atoms with Gasteiger partial charge in [0.15, 0.2) is 0 Å². The van der Waals surface area contributed by atoms with Gasteiger partial charge in [-0.15, -0.1) is 0 Å². The third kappa shape index (κ3) is 16.9. The number of allylic oxidation sites excluding steroid dienone is 6. The largest absolute Gasteiger partial charge is 0.324 e. The Morgan fingerprint density at radius 3 is 1.90 bits per heavy atom. The number of hydrogen-bond donors (Lipinski definition) is 1. The van der Waals surface area contributed by atoms with E-state index in [1.807, 2.05) is 12.2 Å². The van der Waals surface area contributed by atoms with E-state index >= 15 is 0 Å². The summed E-state index contributed by atoms with van der Waals surface area (Å²) < 4.78 is 0. The van der Waals surface area contributed by atoms with Crippen molar-refractivity contribution < 1.29 is 0 Å². The molecule has 120 valence electrons. The molecule has 1 atom stereocenters. The summed E-state index contributed by atoms with van der Waals surface area (Å²) in [6.07, 6.45) is 27.4. The molecule has 0 amide bonds. The molecule has 1 nitrogen and oxygen atoms in total. The second-order valence-corrected chi connectivity index (χ2v) is 5.58. The van der Waals surface area contributed by atoms with Gasteiger partial charge in [-0.25, -0.2) is 0 Å². The van der Waals surface area contributed by atoms with Gasteiger partial charge in [0, 0.05) is 6.04 Å². The average Bonchev–Trinajstić information content (AvgIpc) is 2.49. The summed E-state index contributed by atoms with van der Waals surface area (Å²) >= 11 is 0. The molecule has 0 aromatic heterocycles. The quantitative estimate of drug-likeness (QED) is 0.234. The average molecular weight is 290 g/mol. The van der Waals surface area contributed by atoms with Crippen molar-refractivity contribution in [2.75, 3.05) is 0 Å². The SMILES string of the molecule is C=C/C=C\C(N)CC/C=C\CCCC/C=C\CCCCC. The first kappa shape index (κ1) is 19.9. The minimum atomic E-state index is 0.158. The Kier molecular flexibility index (Phi) is 16.1. The molecule has 0 spiro atoms. The predicted octanol–water partition coefficient (Wildman–Crippen LogP) is 6.09. The van der Waals surface area contributed by atoms with E-state index in [4.69, 9.17) is 5.73 Å². The Bertz CT molecular complexity index is 299. The van der Waals surface area contributed by atoms with Gasteiger partial charge in [-0.3, -0.25) is 0 Å². The van der Waals surface area contributed by atoms with E-state index in [0.29, 0.717) is 0 Å². The fourth-order valence-electron chi connectivity index (χ4n) is 2.11. The van der Waals surface area contributed by atoms with Crippen LogP contribution in [0.1, 0.15) is 71.1 Å². The maximum atomic E-state index is 5.92. The molecule has 0 bridgehead atoms. The van der Waals surface area contributed by atoms with Crippen LogP contribution in [0.25, 0.3) is 0 Å². The molecule has 0 fully saturated rings. The molecule has 1 heteroatoms. The van der Waals surface area contributed by atoms with Crippen LogP contribution in [0, 0.1) is 0 Å². The standard InChI is InChI=1S/C20H35N/c1-3-5-7-8-9-10-11-12-13-14-15-16-17-19-20(21)18-6-4-2/h4,6,9-10,15-16,18,20H,2-3,5,7-8,11-14,17,19,21H2,1H3/b10-9-,16-15-,18-6-.